The smallest absolute Gasteiger partial charge is 0.238 e. The molecule has 3 heterocycles. The van der Waals surface area contributed by atoms with Gasteiger partial charge in [-0.05, 0) is 75.8 Å². The van der Waals surface area contributed by atoms with E-state index in [1.165, 1.54) is 27.4 Å². The zero-order valence-corrected chi connectivity index (χ0v) is 33.6. The van der Waals surface area contributed by atoms with Gasteiger partial charge in [-0.2, -0.15) is 9.97 Å². The number of fused-ring (bicyclic) bond motifs is 6. The normalized spacial score (nSPS) is 11.5. The Morgan fingerprint density at radius 2 is 0.726 bits per heavy atom. The minimum Gasteiger partial charge on any atom is -0.309 e. The van der Waals surface area contributed by atoms with Gasteiger partial charge in [-0.15, -0.1) is 0 Å². The van der Waals surface area contributed by atoms with Gasteiger partial charge in [0.1, 0.15) is 0 Å². The lowest BCUT2D eigenvalue weighted by Crippen LogP contribution is -2.06. The van der Waals surface area contributed by atoms with Gasteiger partial charge in [0, 0.05) is 38.4 Å². The van der Waals surface area contributed by atoms with Crippen molar-refractivity contribution in [2.45, 2.75) is 0 Å². The number of hydrogen-bond donors (Lipinski definition) is 0. The standard InChI is InChI=1S/C57H37N5/c1-4-15-38(16-5-1)40-27-31-42(32-28-40)55-58-56(43-33-29-41(30-34-43)39-17-6-2-7-18-39)60-57(59-55)62-50-24-12-10-21-47(50)49-37-44(35-36-52(49)62)46-23-14-26-53-54(46)48-22-11-13-25-51(48)61(53)45-19-8-3-9-20-45/h1-37H. The van der Waals surface area contributed by atoms with Crippen LogP contribution in [0.5, 0.6) is 0 Å². The van der Waals surface area contributed by atoms with E-state index in [4.69, 9.17) is 15.0 Å². The lowest BCUT2D eigenvalue weighted by molar-refractivity contribution is 0.953. The number of para-hydroxylation sites is 3. The molecule has 0 bridgehead atoms. The Morgan fingerprint density at radius 3 is 1.34 bits per heavy atom. The highest BCUT2D eigenvalue weighted by atomic mass is 15.2. The Labute approximate surface area is 358 Å². The van der Waals surface area contributed by atoms with Crippen LogP contribution in [0, 0.1) is 0 Å². The van der Waals surface area contributed by atoms with Gasteiger partial charge in [-0.1, -0.05) is 182 Å². The molecular weight excluding hydrogens is 755 g/mol. The van der Waals surface area contributed by atoms with E-state index >= 15 is 0 Å². The molecule has 12 rings (SSSR count). The second kappa shape index (κ2) is 14.7. The SMILES string of the molecule is c1ccc(-c2ccc(-c3nc(-c4ccc(-c5ccccc5)cc4)nc(-n4c5ccccc5c5cc(-c6cccc7c6c6ccccc6n7-c6ccccc6)ccc54)n3)cc2)cc1. The monoisotopic (exact) mass is 791 g/mol. The van der Waals surface area contributed by atoms with Gasteiger partial charge in [-0.25, -0.2) is 4.98 Å². The molecule has 12 aromatic rings. The summed E-state index contributed by atoms with van der Waals surface area (Å²) in [5, 5.41) is 4.72. The Bertz CT molecular complexity index is 3490. The zero-order valence-electron chi connectivity index (χ0n) is 33.6. The van der Waals surface area contributed by atoms with Crippen molar-refractivity contribution >= 4 is 43.6 Å². The van der Waals surface area contributed by atoms with Gasteiger partial charge >= 0.3 is 0 Å². The molecule has 0 saturated carbocycles. The molecule has 0 radical (unpaired) electrons. The summed E-state index contributed by atoms with van der Waals surface area (Å²) in [6, 6.07) is 79.2. The Balaban J connectivity index is 1.04. The van der Waals surface area contributed by atoms with E-state index in [1.54, 1.807) is 0 Å². The van der Waals surface area contributed by atoms with Crippen molar-refractivity contribution in [3.63, 3.8) is 0 Å². The predicted molar refractivity (Wildman–Crippen MR) is 256 cm³/mol. The maximum atomic E-state index is 5.26. The first-order chi connectivity index (χ1) is 30.7. The molecule has 3 aromatic heterocycles. The van der Waals surface area contributed by atoms with Crippen molar-refractivity contribution in [1.29, 1.82) is 0 Å². The summed E-state index contributed by atoms with van der Waals surface area (Å²) < 4.78 is 4.57. The zero-order chi connectivity index (χ0) is 41.0. The molecule has 0 atom stereocenters. The highest BCUT2D eigenvalue weighted by Gasteiger charge is 2.21. The summed E-state index contributed by atoms with van der Waals surface area (Å²) in [5.74, 6) is 1.79. The van der Waals surface area contributed by atoms with Crippen molar-refractivity contribution in [3.05, 3.63) is 224 Å². The first-order valence-electron chi connectivity index (χ1n) is 20.9. The molecule has 0 aliphatic heterocycles. The molecule has 62 heavy (non-hydrogen) atoms. The van der Waals surface area contributed by atoms with Crippen molar-refractivity contribution in [2.24, 2.45) is 0 Å². The number of nitrogens with zero attached hydrogens (tertiary/aromatic N) is 5. The molecule has 0 N–H and O–H groups in total. The molecule has 0 saturated heterocycles. The van der Waals surface area contributed by atoms with E-state index in [0.717, 1.165) is 66.4 Å². The lowest BCUT2D eigenvalue weighted by Gasteiger charge is -2.12. The molecule has 5 heteroatoms. The second-order valence-electron chi connectivity index (χ2n) is 15.6. The molecule has 0 spiro atoms. The van der Waals surface area contributed by atoms with Crippen LogP contribution in [0.4, 0.5) is 0 Å². The highest BCUT2D eigenvalue weighted by Crippen LogP contribution is 2.41. The molecule has 0 unspecified atom stereocenters. The summed E-state index contributed by atoms with van der Waals surface area (Å²) in [6.07, 6.45) is 0. The molecule has 9 aromatic carbocycles. The van der Waals surface area contributed by atoms with E-state index in [-0.39, 0.29) is 0 Å². The summed E-state index contributed by atoms with van der Waals surface area (Å²) in [4.78, 5) is 15.7. The number of aromatic nitrogens is 5. The Kier molecular flexibility index (Phi) is 8.42. The molecule has 290 valence electrons. The molecule has 0 aliphatic carbocycles. The van der Waals surface area contributed by atoms with Gasteiger partial charge in [0.25, 0.3) is 0 Å². The first kappa shape index (κ1) is 35.5. The summed E-state index contributed by atoms with van der Waals surface area (Å²) in [6.45, 7) is 0. The average Bonchev–Trinajstić information content (AvgIpc) is 3.88. The maximum Gasteiger partial charge on any atom is 0.238 e. The average molecular weight is 792 g/mol. The molecule has 5 nitrogen and oxygen atoms in total. The lowest BCUT2D eigenvalue weighted by atomic mass is 9.98. The van der Waals surface area contributed by atoms with Crippen molar-refractivity contribution < 1.29 is 0 Å². The van der Waals surface area contributed by atoms with Crippen LogP contribution in [-0.4, -0.2) is 24.1 Å². The predicted octanol–water partition coefficient (Wildman–Crippen LogP) is 14.4. The fraction of sp³-hybridized carbons (Fsp3) is 0. The maximum absolute atomic E-state index is 5.26. The highest BCUT2D eigenvalue weighted by molar-refractivity contribution is 6.17. The third-order valence-electron chi connectivity index (χ3n) is 12.0. The third kappa shape index (κ3) is 5.98. The van der Waals surface area contributed by atoms with Crippen LogP contribution < -0.4 is 0 Å². The van der Waals surface area contributed by atoms with Crippen LogP contribution in [0.25, 0.3) is 111 Å². The topological polar surface area (TPSA) is 48.5 Å². The van der Waals surface area contributed by atoms with Gasteiger partial charge in [0.2, 0.25) is 5.95 Å². The van der Waals surface area contributed by atoms with Crippen LogP contribution in [0.3, 0.4) is 0 Å². The van der Waals surface area contributed by atoms with E-state index in [1.807, 2.05) is 12.1 Å². The van der Waals surface area contributed by atoms with Crippen LogP contribution in [0.2, 0.25) is 0 Å². The Hall–Kier alpha value is -8.41. The molecule has 0 amide bonds. The van der Waals surface area contributed by atoms with Crippen LogP contribution in [-0.2, 0) is 0 Å². The number of hydrogen-bond acceptors (Lipinski definition) is 3. The van der Waals surface area contributed by atoms with Gasteiger partial charge < -0.3 is 4.57 Å². The van der Waals surface area contributed by atoms with Crippen molar-refractivity contribution in [1.82, 2.24) is 24.1 Å². The second-order valence-corrected chi connectivity index (χ2v) is 15.6. The largest absolute Gasteiger partial charge is 0.309 e. The minimum atomic E-state index is 0.566. The van der Waals surface area contributed by atoms with E-state index in [9.17, 15) is 0 Å². The molecule has 0 fully saturated rings. The van der Waals surface area contributed by atoms with Crippen LogP contribution in [0.1, 0.15) is 0 Å². The van der Waals surface area contributed by atoms with E-state index in [2.05, 4.69) is 221 Å². The van der Waals surface area contributed by atoms with Gasteiger partial charge in [-0.3, -0.25) is 4.57 Å². The molecule has 0 aliphatic rings. The van der Waals surface area contributed by atoms with Crippen molar-refractivity contribution in [2.75, 3.05) is 0 Å². The quantitative estimate of drug-likeness (QED) is 0.162. The van der Waals surface area contributed by atoms with E-state index in [0.29, 0.717) is 17.6 Å². The van der Waals surface area contributed by atoms with Crippen molar-refractivity contribution in [3.8, 4) is 67.8 Å². The number of benzene rings is 9. The van der Waals surface area contributed by atoms with Crippen LogP contribution in [0.15, 0.2) is 224 Å². The fourth-order valence-electron chi connectivity index (χ4n) is 9.08. The minimum absolute atomic E-state index is 0.566. The summed E-state index contributed by atoms with van der Waals surface area (Å²) >= 11 is 0. The Morgan fingerprint density at radius 1 is 0.274 bits per heavy atom. The third-order valence-corrected chi connectivity index (χ3v) is 12.0. The van der Waals surface area contributed by atoms with Crippen LogP contribution >= 0.6 is 0 Å². The summed E-state index contributed by atoms with van der Waals surface area (Å²) in [7, 11) is 0. The number of rotatable bonds is 7. The molecular formula is C57H37N5. The van der Waals surface area contributed by atoms with Gasteiger partial charge in [0.15, 0.2) is 11.6 Å². The first-order valence-corrected chi connectivity index (χ1v) is 20.9. The fourth-order valence-corrected chi connectivity index (χ4v) is 9.08. The van der Waals surface area contributed by atoms with Gasteiger partial charge in [0.05, 0.1) is 22.1 Å². The summed E-state index contributed by atoms with van der Waals surface area (Å²) in [5.41, 5.74) is 14.3. The van der Waals surface area contributed by atoms with E-state index < -0.39 is 0 Å².